The van der Waals surface area contributed by atoms with Gasteiger partial charge in [-0.3, -0.25) is 4.90 Å². The molecule has 1 saturated heterocycles. The number of rotatable bonds is 8. The van der Waals surface area contributed by atoms with E-state index in [1.807, 2.05) is 0 Å². The van der Waals surface area contributed by atoms with Crippen molar-refractivity contribution in [3.8, 4) is 5.88 Å². The summed E-state index contributed by atoms with van der Waals surface area (Å²) in [5.41, 5.74) is 0.794. The van der Waals surface area contributed by atoms with Crippen LogP contribution >= 0.6 is 0 Å². The maximum absolute atomic E-state index is 13.3. The van der Waals surface area contributed by atoms with Crippen LogP contribution in [0.3, 0.4) is 0 Å². The Morgan fingerprint density at radius 1 is 1.33 bits per heavy atom. The van der Waals surface area contributed by atoms with E-state index < -0.39 is 0 Å². The number of hydrogen-bond acceptors (Lipinski definition) is 4. The van der Waals surface area contributed by atoms with Crippen molar-refractivity contribution in [2.24, 2.45) is 0 Å². The van der Waals surface area contributed by atoms with Gasteiger partial charge in [0.1, 0.15) is 12.4 Å². The average molecular weight is 295 g/mol. The van der Waals surface area contributed by atoms with Crippen molar-refractivity contribution in [1.29, 1.82) is 0 Å². The lowest BCUT2D eigenvalue weighted by atomic mass is 10.1. The van der Waals surface area contributed by atoms with Crippen LogP contribution in [0.4, 0.5) is 4.39 Å². The van der Waals surface area contributed by atoms with Gasteiger partial charge in [-0.1, -0.05) is 13.3 Å². The molecule has 0 atom stereocenters. The molecule has 0 aliphatic carbocycles. The van der Waals surface area contributed by atoms with Crippen molar-refractivity contribution in [3.63, 3.8) is 0 Å². The van der Waals surface area contributed by atoms with Gasteiger partial charge >= 0.3 is 0 Å². The number of ether oxygens (including phenoxy) is 1. The predicted molar refractivity (Wildman–Crippen MR) is 82.0 cm³/mol. The summed E-state index contributed by atoms with van der Waals surface area (Å²) in [6, 6.07) is 1.51. The lowest BCUT2D eigenvalue weighted by Gasteiger charge is -2.26. The zero-order valence-electron chi connectivity index (χ0n) is 12.9. The molecular formula is C16H26FN3O. The van der Waals surface area contributed by atoms with E-state index in [1.165, 1.54) is 31.5 Å². The lowest BCUT2D eigenvalue weighted by molar-refractivity contribution is 0.179. The van der Waals surface area contributed by atoms with Crippen LogP contribution in [0.5, 0.6) is 5.88 Å². The summed E-state index contributed by atoms with van der Waals surface area (Å²) >= 11 is 0. The van der Waals surface area contributed by atoms with E-state index in [2.05, 4.69) is 22.1 Å². The highest BCUT2D eigenvalue weighted by atomic mass is 19.1. The Morgan fingerprint density at radius 3 is 2.90 bits per heavy atom. The van der Waals surface area contributed by atoms with E-state index in [9.17, 15) is 4.39 Å². The van der Waals surface area contributed by atoms with Gasteiger partial charge in [0.2, 0.25) is 5.88 Å². The summed E-state index contributed by atoms with van der Waals surface area (Å²) in [7, 11) is 0. The minimum absolute atomic E-state index is 0.313. The van der Waals surface area contributed by atoms with Crippen LogP contribution in [-0.2, 0) is 6.54 Å². The molecule has 1 fully saturated rings. The second kappa shape index (κ2) is 8.95. The number of pyridine rings is 1. The molecular weight excluding hydrogens is 269 g/mol. The summed E-state index contributed by atoms with van der Waals surface area (Å²) in [6.07, 6.45) is 6.17. The van der Waals surface area contributed by atoms with E-state index >= 15 is 0 Å². The Morgan fingerprint density at radius 2 is 2.14 bits per heavy atom. The Bertz CT molecular complexity index is 422. The smallest absolute Gasteiger partial charge is 0.218 e. The van der Waals surface area contributed by atoms with Crippen molar-refractivity contribution < 1.29 is 9.13 Å². The predicted octanol–water partition coefficient (Wildman–Crippen LogP) is 2.59. The first-order valence-corrected chi connectivity index (χ1v) is 8.00. The number of aromatic nitrogens is 1. The summed E-state index contributed by atoms with van der Waals surface area (Å²) in [4.78, 5) is 6.50. The standard InChI is InChI=1S/C16H26FN3O/c1-2-6-18-12-14-11-15(17)13-19-16(14)21-10-9-20-7-4-3-5-8-20/h11,13,18H,2-10,12H2,1H3. The van der Waals surface area contributed by atoms with E-state index in [-0.39, 0.29) is 5.82 Å². The lowest BCUT2D eigenvalue weighted by Crippen LogP contribution is -2.33. The SMILES string of the molecule is CCCNCc1cc(F)cnc1OCCN1CCCCC1. The van der Waals surface area contributed by atoms with Crippen molar-refractivity contribution in [3.05, 3.63) is 23.6 Å². The highest BCUT2D eigenvalue weighted by Gasteiger charge is 2.11. The van der Waals surface area contributed by atoms with Gasteiger partial charge in [-0.25, -0.2) is 9.37 Å². The van der Waals surface area contributed by atoms with Crippen LogP contribution in [0.2, 0.25) is 0 Å². The Hall–Kier alpha value is -1.20. The fourth-order valence-corrected chi connectivity index (χ4v) is 2.58. The van der Waals surface area contributed by atoms with Gasteiger partial charge in [0.15, 0.2) is 0 Å². The third-order valence-electron chi connectivity index (χ3n) is 3.73. The number of likely N-dealkylation sites (tertiary alicyclic amines) is 1. The molecule has 118 valence electrons. The highest BCUT2D eigenvalue weighted by molar-refractivity contribution is 5.26. The molecule has 0 aromatic carbocycles. The molecule has 0 saturated carbocycles. The minimum Gasteiger partial charge on any atom is -0.476 e. The molecule has 1 aromatic heterocycles. The van der Waals surface area contributed by atoms with Gasteiger partial charge in [-0.05, 0) is 45.0 Å². The monoisotopic (exact) mass is 295 g/mol. The normalized spacial score (nSPS) is 16.1. The molecule has 5 heteroatoms. The van der Waals surface area contributed by atoms with E-state index in [0.29, 0.717) is 19.0 Å². The average Bonchev–Trinajstić information content (AvgIpc) is 2.51. The van der Waals surface area contributed by atoms with E-state index in [4.69, 9.17) is 4.74 Å². The van der Waals surface area contributed by atoms with E-state index in [1.54, 1.807) is 0 Å². The number of nitrogens with one attached hydrogen (secondary N) is 1. The molecule has 0 spiro atoms. The fourth-order valence-electron chi connectivity index (χ4n) is 2.58. The first kappa shape index (κ1) is 16.2. The largest absolute Gasteiger partial charge is 0.476 e. The molecule has 4 nitrogen and oxygen atoms in total. The first-order valence-electron chi connectivity index (χ1n) is 8.00. The molecule has 21 heavy (non-hydrogen) atoms. The topological polar surface area (TPSA) is 37.4 Å². The maximum atomic E-state index is 13.3. The third-order valence-corrected chi connectivity index (χ3v) is 3.73. The molecule has 1 aromatic rings. The molecule has 0 unspecified atom stereocenters. The quantitative estimate of drug-likeness (QED) is 0.748. The van der Waals surface area contributed by atoms with Crippen LogP contribution in [-0.4, -0.2) is 42.7 Å². The van der Waals surface area contributed by atoms with Gasteiger partial charge in [0.25, 0.3) is 0 Å². The molecule has 1 aliphatic heterocycles. The zero-order valence-corrected chi connectivity index (χ0v) is 12.9. The molecule has 0 radical (unpaired) electrons. The van der Waals surface area contributed by atoms with Crippen molar-refractivity contribution in [1.82, 2.24) is 15.2 Å². The summed E-state index contributed by atoms with van der Waals surface area (Å²) < 4.78 is 19.1. The second-order valence-electron chi connectivity index (χ2n) is 5.55. The Kier molecular flexibility index (Phi) is 6.89. The minimum atomic E-state index is -0.313. The summed E-state index contributed by atoms with van der Waals surface area (Å²) in [5, 5.41) is 3.26. The summed E-state index contributed by atoms with van der Waals surface area (Å²) in [5.74, 6) is 0.240. The molecule has 1 N–H and O–H groups in total. The van der Waals surface area contributed by atoms with Crippen LogP contribution < -0.4 is 10.1 Å². The summed E-state index contributed by atoms with van der Waals surface area (Å²) in [6.45, 7) is 7.45. The number of nitrogens with zero attached hydrogens (tertiary/aromatic N) is 2. The molecule has 0 bridgehead atoms. The van der Waals surface area contributed by atoms with Crippen molar-refractivity contribution in [2.75, 3.05) is 32.8 Å². The van der Waals surface area contributed by atoms with Gasteiger partial charge in [0.05, 0.1) is 6.20 Å². The van der Waals surface area contributed by atoms with Crippen LogP contribution in [0.15, 0.2) is 12.3 Å². The second-order valence-corrected chi connectivity index (χ2v) is 5.55. The fraction of sp³-hybridized carbons (Fsp3) is 0.688. The molecule has 0 amide bonds. The molecule has 1 aliphatic rings. The third kappa shape index (κ3) is 5.59. The molecule has 2 rings (SSSR count). The van der Waals surface area contributed by atoms with Gasteiger partial charge < -0.3 is 10.1 Å². The first-order chi connectivity index (χ1) is 10.3. The molecule has 2 heterocycles. The Labute approximate surface area is 126 Å². The highest BCUT2D eigenvalue weighted by Crippen LogP contribution is 2.16. The van der Waals surface area contributed by atoms with Crippen molar-refractivity contribution >= 4 is 0 Å². The van der Waals surface area contributed by atoms with Gasteiger partial charge in [0, 0.05) is 18.7 Å². The van der Waals surface area contributed by atoms with Crippen LogP contribution in [0.1, 0.15) is 38.2 Å². The number of piperidine rings is 1. The van der Waals surface area contributed by atoms with Crippen molar-refractivity contribution in [2.45, 2.75) is 39.2 Å². The number of hydrogen-bond donors (Lipinski definition) is 1. The maximum Gasteiger partial charge on any atom is 0.218 e. The zero-order chi connectivity index (χ0) is 14.9. The number of halogens is 1. The van der Waals surface area contributed by atoms with Gasteiger partial charge in [-0.2, -0.15) is 0 Å². The van der Waals surface area contributed by atoms with Crippen LogP contribution in [0, 0.1) is 5.82 Å². The van der Waals surface area contributed by atoms with Gasteiger partial charge in [-0.15, -0.1) is 0 Å². The Balaban J connectivity index is 1.82. The van der Waals surface area contributed by atoms with E-state index in [0.717, 1.165) is 38.2 Å². The van der Waals surface area contributed by atoms with Crippen LogP contribution in [0.25, 0.3) is 0 Å².